The summed E-state index contributed by atoms with van der Waals surface area (Å²) < 4.78 is 36.0. The molecule has 6 heteroatoms. The molecule has 3 atom stereocenters. The average molecular weight is 326 g/mol. The van der Waals surface area contributed by atoms with E-state index in [1.165, 1.54) is 0 Å². The molecule has 1 aliphatic carbocycles. The maximum Gasteiger partial charge on any atom is 0.191 e. The van der Waals surface area contributed by atoms with Crippen molar-refractivity contribution in [3.8, 4) is 0 Å². The van der Waals surface area contributed by atoms with Crippen molar-refractivity contribution < 1.29 is 28.4 Å². The van der Waals surface area contributed by atoms with Gasteiger partial charge in [0.1, 0.15) is 6.61 Å². The first kappa shape index (κ1) is 15.0. The Hall–Kier alpha value is -0.240. The van der Waals surface area contributed by atoms with Gasteiger partial charge in [0.25, 0.3) is 0 Å². The van der Waals surface area contributed by atoms with Crippen LogP contribution in [0.15, 0.2) is 0 Å². The molecule has 6 nitrogen and oxygen atoms in total. The maximum absolute atomic E-state index is 6.20. The molecule has 4 heterocycles. The summed E-state index contributed by atoms with van der Waals surface area (Å²) in [4.78, 5) is 0. The summed E-state index contributed by atoms with van der Waals surface area (Å²) in [6.07, 6.45) is 5.82. The molecule has 3 unspecified atom stereocenters. The highest BCUT2D eigenvalue weighted by molar-refractivity contribution is 4.99. The zero-order chi connectivity index (χ0) is 15.5. The number of fused-ring (bicyclic) bond motifs is 1. The summed E-state index contributed by atoms with van der Waals surface area (Å²) in [5.74, 6) is -0.978. The highest BCUT2D eigenvalue weighted by atomic mass is 16.7. The van der Waals surface area contributed by atoms with Crippen LogP contribution in [-0.4, -0.2) is 62.9 Å². The fourth-order valence-electron chi connectivity index (χ4n) is 4.19. The van der Waals surface area contributed by atoms with Crippen LogP contribution in [0, 0.1) is 5.41 Å². The molecule has 0 aromatic heterocycles. The predicted molar refractivity (Wildman–Crippen MR) is 78.9 cm³/mol. The quantitative estimate of drug-likeness (QED) is 0.630. The van der Waals surface area contributed by atoms with Gasteiger partial charge in [-0.15, -0.1) is 0 Å². The summed E-state index contributed by atoms with van der Waals surface area (Å²) in [6, 6.07) is 0. The molecule has 3 spiro atoms. The van der Waals surface area contributed by atoms with E-state index in [9.17, 15) is 0 Å². The van der Waals surface area contributed by atoms with Gasteiger partial charge >= 0.3 is 0 Å². The predicted octanol–water partition coefficient (Wildman–Crippen LogP) is 1.61. The Morgan fingerprint density at radius 2 is 1.39 bits per heavy atom. The zero-order valence-electron chi connectivity index (χ0n) is 13.8. The van der Waals surface area contributed by atoms with Gasteiger partial charge in [-0.05, 0) is 19.8 Å². The lowest BCUT2D eigenvalue weighted by atomic mass is 9.86. The molecule has 130 valence electrons. The van der Waals surface area contributed by atoms with Crippen molar-refractivity contribution in [3.63, 3.8) is 0 Å². The number of hydrogen-bond donors (Lipinski definition) is 0. The van der Waals surface area contributed by atoms with Gasteiger partial charge in [-0.3, -0.25) is 0 Å². The molecule has 5 aliphatic rings. The molecule has 0 radical (unpaired) electrons. The van der Waals surface area contributed by atoms with E-state index in [1.807, 2.05) is 0 Å². The largest absolute Gasteiger partial charge is 0.373 e. The van der Waals surface area contributed by atoms with Crippen LogP contribution in [0.5, 0.6) is 0 Å². The molecule has 0 aromatic rings. The van der Waals surface area contributed by atoms with Crippen molar-refractivity contribution in [3.05, 3.63) is 0 Å². The normalized spacial score (nSPS) is 56.0. The summed E-state index contributed by atoms with van der Waals surface area (Å²) in [5.41, 5.74) is -0.180. The first-order valence-electron chi connectivity index (χ1n) is 8.93. The molecule has 0 N–H and O–H groups in total. The van der Waals surface area contributed by atoms with E-state index < -0.39 is 11.6 Å². The van der Waals surface area contributed by atoms with Crippen molar-refractivity contribution in [1.29, 1.82) is 0 Å². The van der Waals surface area contributed by atoms with Crippen molar-refractivity contribution in [1.82, 2.24) is 0 Å². The van der Waals surface area contributed by atoms with Crippen LogP contribution >= 0.6 is 0 Å². The van der Waals surface area contributed by atoms with E-state index in [4.69, 9.17) is 28.4 Å². The summed E-state index contributed by atoms with van der Waals surface area (Å²) >= 11 is 0. The van der Waals surface area contributed by atoms with Crippen LogP contribution in [0.2, 0.25) is 0 Å². The van der Waals surface area contributed by atoms with Crippen LogP contribution in [0.3, 0.4) is 0 Å². The topological polar surface area (TPSA) is 58.7 Å². The fraction of sp³-hybridized carbons (Fsp3) is 1.00. The van der Waals surface area contributed by atoms with Crippen molar-refractivity contribution >= 4 is 0 Å². The highest BCUT2D eigenvalue weighted by Crippen LogP contribution is 2.48. The van der Waals surface area contributed by atoms with Crippen LogP contribution < -0.4 is 0 Å². The Balaban J connectivity index is 1.19. The first-order valence-corrected chi connectivity index (χ1v) is 8.93. The smallest absolute Gasteiger partial charge is 0.191 e. The number of rotatable bonds is 0. The van der Waals surface area contributed by atoms with Gasteiger partial charge in [0, 0.05) is 19.3 Å². The van der Waals surface area contributed by atoms with Crippen LogP contribution in [-0.2, 0) is 28.4 Å². The lowest BCUT2D eigenvalue weighted by Crippen LogP contribution is -2.61. The SMILES string of the molecule is CC1CCC2(CO1)OCC1(CO2)COC2(CCC3OC3C2)OC1. The van der Waals surface area contributed by atoms with Crippen LogP contribution in [0.4, 0.5) is 0 Å². The van der Waals surface area contributed by atoms with Crippen LogP contribution in [0.25, 0.3) is 0 Å². The van der Waals surface area contributed by atoms with Gasteiger partial charge in [0.2, 0.25) is 0 Å². The van der Waals surface area contributed by atoms with E-state index in [0.717, 1.165) is 32.1 Å². The minimum Gasteiger partial charge on any atom is -0.373 e. The third kappa shape index (κ3) is 2.64. The minimum absolute atomic E-state index is 0.180. The number of ether oxygens (including phenoxy) is 6. The van der Waals surface area contributed by atoms with Gasteiger partial charge in [-0.2, -0.15) is 0 Å². The summed E-state index contributed by atoms with van der Waals surface area (Å²) in [6.45, 7) is 5.12. The third-order valence-corrected chi connectivity index (χ3v) is 6.09. The molecule has 1 saturated carbocycles. The Morgan fingerprint density at radius 3 is 2.00 bits per heavy atom. The summed E-state index contributed by atoms with van der Waals surface area (Å²) in [5, 5.41) is 0. The molecule has 4 saturated heterocycles. The van der Waals surface area contributed by atoms with Gasteiger partial charge < -0.3 is 28.4 Å². The second-order valence-electron chi connectivity index (χ2n) is 8.09. The molecular weight excluding hydrogens is 300 g/mol. The fourth-order valence-corrected chi connectivity index (χ4v) is 4.19. The first-order chi connectivity index (χ1) is 11.1. The van der Waals surface area contributed by atoms with E-state index in [0.29, 0.717) is 51.3 Å². The van der Waals surface area contributed by atoms with E-state index in [-0.39, 0.29) is 5.41 Å². The third-order valence-electron chi connectivity index (χ3n) is 6.09. The molecule has 4 aliphatic heterocycles. The Labute approximate surface area is 136 Å². The summed E-state index contributed by atoms with van der Waals surface area (Å²) in [7, 11) is 0. The second-order valence-corrected chi connectivity index (χ2v) is 8.09. The van der Waals surface area contributed by atoms with Gasteiger partial charge in [-0.1, -0.05) is 0 Å². The van der Waals surface area contributed by atoms with E-state index in [1.54, 1.807) is 0 Å². The lowest BCUT2D eigenvalue weighted by molar-refractivity contribution is -0.384. The van der Waals surface area contributed by atoms with Gasteiger partial charge in [0.05, 0.1) is 50.2 Å². The van der Waals surface area contributed by atoms with Gasteiger partial charge in [0.15, 0.2) is 11.6 Å². The lowest BCUT2D eigenvalue weighted by Gasteiger charge is -2.52. The van der Waals surface area contributed by atoms with E-state index >= 15 is 0 Å². The van der Waals surface area contributed by atoms with Crippen molar-refractivity contribution in [2.24, 2.45) is 5.41 Å². The van der Waals surface area contributed by atoms with E-state index in [2.05, 4.69) is 6.92 Å². The molecule has 0 bridgehead atoms. The second kappa shape index (κ2) is 5.13. The number of hydrogen-bond acceptors (Lipinski definition) is 6. The molecule has 23 heavy (non-hydrogen) atoms. The standard InChI is InChI=1S/C17H26O6/c1-12-2-4-17(11-18-12)21-9-15(10-22-17)7-19-16(20-8-15)5-3-13-14(6-16)23-13/h12-14H,2-11H2,1H3. The van der Waals surface area contributed by atoms with Crippen molar-refractivity contribution in [2.45, 2.75) is 68.9 Å². The monoisotopic (exact) mass is 326 g/mol. The highest BCUT2D eigenvalue weighted by Gasteiger charge is 2.57. The van der Waals surface area contributed by atoms with Gasteiger partial charge in [-0.25, -0.2) is 0 Å². The Kier molecular flexibility index (Phi) is 3.36. The van der Waals surface area contributed by atoms with Crippen molar-refractivity contribution in [2.75, 3.05) is 33.0 Å². The molecule has 5 fully saturated rings. The maximum atomic E-state index is 6.20. The molecule has 0 aromatic carbocycles. The Bertz CT molecular complexity index is 452. The molecule has 0 amide bonds. The Morgan fingerprint density at radius 1 is 0.739 bits per heavy atom. The minimum atomic E-state index is -0.549. The average Bonchev–Trinajstić information content (AvgIpc) is 3.35. The van der Waals surface area contributed by atoms with Crippen LogP contribution in [0.1, 0.15) is 39.0 Å². The number of epoxide rings is 1. The molecular formula is C17H26O6. The zero-order valence-corrected chi connectivity index (χ0v) is 13.8. The molecule has 5 rings (SSSR count).